The highest BCUT2D eigenvalue weighted by molar-refractivity contribution is 5.75. The maximum absolute atomic E-state index is 10.8. The van der Waals surface area contributed by atoms with E-state index in [9.17, 15) is 4.79 Å². The Morgan fingerprint density at radius 2 is 1.67 bits per heavy atom. The average molecular weight is 174 g/mol. The van der Waals surface area contributed by atoms with Crippen molar-refractivity contribution in [3.63, 3.8) is 0 Å². The van der Waals surface area contributed by atoms with Crippen LogP contribution in [0.15, 0.2) is 0 Å². The second kappa shape index (κ2) is 2.18. The Bertz CT molecular complexity index is 199. The molecule has 0 aromatic rings. The lowest BCUT2D eigenvalue weighted by Gasteiger charge is -2.47. The summed E-state index contributed by atoms with van der Waals surface area (Å²) >= 11 is 0. The fourth-order valence-corrected chi connectivity index (χ4v) is 1.24. The molecule has 3 saturated heterocycles. The summed E-state index contributed by atoms with van der Waals surface area (Å²) in [6, 6.07) is 0. The number of rotatable bonds is 1. The minimum Gasteiger partial charge on any atom is -0.481 e. The van der Waals surface area contributed by atoms with Crippen LogP contribution in [0, 0.1) is 5.41 Å². The number of hydrogen-bond acceptors (Lipinski definition) is 4. The zero-order valence-electron chi connectivity index (χ0n) is 6.70. The SMILES string of the molecule is CC12OCC(C(=O)O)(CO1)CO2. The van der Waals surface area contributed by atoms with E-state index in [0.29, 0.717) is 0 Å². The third-order valence-electron chi connectivity index (χ3n) is 2.29. The van der Waals surface area contributed by atoms with Crippen molar-refractivity contribution in [3.8, 4) is 0 Å². The summed E-state index contributed by atoms with van der Waals surface area (Å²) in [5.74, 6) is -1.94. The summed E-state index contributed by atoms with van der Waals surface area (Å²) in [6.45, 7) is 2.13. The van der Waals surface area contributed by atoms with Gasteiger partial charge in [-0.1, -0.05) is 0 Å². The van der Waals surface area contributed by atoms with Crippen LogP contribution in [0.2, 0.25) is 0 Å². The molecule has 68 valence electrons. The summed E-state index contributed by atoms with van der Waals surface area (Å²) in [6.07, 6.45) is 0. The Labute approximate surface area is 69.2 Å². The molecule has 0 aromatic carbocycles. The molecule has 3 aliphatic heterocycles. The Morgan fingerprint density at radius 1 is 1.25 bits per heavy atom. The average Bonchev–Trinajstić information content (AvgIpc) is 2.06. The predicted molar refractivity (Wildman–Crippen MR) is 36.3 cm³/mol. The first-order valence-corrected chi connectivity index (χ1v) is 3.72. The summed E-state index contributed by atoms with van der Waals surface area (Å²) in [5, 5.41) is 8.86. The first-order valence-electron chi connectivity index (χ1n) is 3.72. The first kappa shape index (κ1) is 7.97. The lowest BCUT2D eigenvalue weighted by molar-refractivity contribution is -0.453. The quantitative estimate of drug-likeness (QED) is 0.596. The van der Waals surface area contributed by atoms with Crippen LogP contribution in [-0.4, -0.2) is 36.9 Å². The van der Waals surface area contributed by atoms with Crippen molar-refractivity contribution < 1.29 is 24.1 Å². The molecule has 0 radical (unpaired) electrons. The third-order valence-corrected chi connectivity index (χ3v) is 2.29. The van der Waals surface area contributed by atoms with Gasteiger partial charge in [-0.3, -0.25) is 4.79 Å². The van der Waals surface area contributed by atoms with Crippen molar-refractivity contribution in [2.45, 2.75) is 12.9 Å². The van der Waals surface area contributed by atoms with Gasteiger partial charge in [0.1, 0.15) is 5.41 Å². The molecule has 0 unspecified atom stereocenters. The second-order valence-corrected chi connectivity index (χ2v) is 3.31. The van der Waals surface area contributed by atoms with Gasteiger partial charge in [0, 0.05) is 6.92 Å². The van der Waals surface area contributed by atoms with E-state index in [1.54, 1.807) is 6.92 Å². The molecular weight excluding hydrogens is 164 g/mol. The summed E-state index contributed by atoms with van der Waals surface area (Å²) in [5.41, 5.74) is -0.988. The summed E-state index contributed by atoms with van der Waals surface area (Å²) in [4.78, 5) is 10.8. The van der Waals surface area contributed by atoms with Crippen molar-refractivity contribution in [2.75, 3.05) is 19.8 Å². The van der Waals surface area contributed by atoms with E-state index in [1.165, 1.54) is 0 Å². The molecule has 0 atom stereocenters. The van der Waals surface area contributed by atoms with Gasteiger partial charge in [-0.2, -0.15) is 0 Å². The normalized spacial score (nSPS) is 46.1. The molecule has 0 aliphatic carbocycles. The highest BCUT2D eigenvalue weighted by Crippen LogP contribution is 2.37. The zero-order chi connectivity index (χ0) is 8.82. The van der Waals surface area contributed by atoms with Crippen LogP contribution in [-0.2, 0) is 19.0 Å². The lowest BCUT2D eigenvalue weighted by atomic mass is 9.89. The van der Waals surface area contributed by atoms with E-state index >= 15 is 0 Å². The van der Waals surface area contributed by atoms with Gasteiger partial charge in [0.15, 0.2) is 0 Å². The molecule has 3 rings (SSSR count). The molecule has 1 N–H and O–H groups in total. The molecule has 0 amide bonds. The second-order valence-electron chi connectivity index (χ2n) is 3.31. The monoisotopic (exact) mass is 174 g/mol. The molecule has 12 heavy (non-hydrogen) atoms. The van der Waals surface area contributed by atoms with Gasteiger partial charge in [-0.15, -0.1) is 0 Å². The van der Waals surface area contributed by atoms with E-state index < -0.39 is 17.4 Å². The zero-order valence-corrected chi connectivity index (χ0v) is 6.70. The topological polar surface area (TPSA) is 65.0 Å². The van der Waals surface area contributed by atoms with E-state index in [4.69, 9.17) is 19.3 Å². The minimum atomic E-state index is -1.02. The van der Waals surface area contributed by atoms with Gasteiger partial charge in [0.2, 0.25) is 0 Å². The van der Waals surface area contributed by atoms with Gasteiger partial charge in [-0.05, 0) is 0 Å². The Balaban J connectivity index is 2.20. The Morgan fingerprint density at radius 3 is 2.00 bits per heavy atom. The molecule has 5 nitrogen and oxygen atoms in total. The number of fused-ring (bicyclic) bond motifs is 3. The van der Waals surface area contributed by atoms with Crippen molar-refractivity contribution in [3.05, 3.63) is 0 Å². The van der Waals surface area contributed by atoms with Crippen LogP contribution in [0.5, 0.6) is 0 Å². The van der Waals surface area contributed by atoms with Gasteiger partial charge >= 0.3 is 5.97 Å². The molecule has 0 saturated carbocycles. The van der Waals surface area contributed by atoms with E-state index in [2.05, 4.69) is 0 Å². The highest BCUT2D eigenvalue weighted by atomic mass is 16.9. The highest BCUT2D eigenvalue weighted by Gasteiger charge is 2.54. The van der Waals surface area contributed by atoms with Crippen molar-refractivity contribution in [1.29, 1.82) is 0 Å². The molecule has 0 aromatic heterocycles. The smallest absolute Gasteiger partial charge is 0.316 e. The molecule has 0 spiro atoms. The maximum atomic E-state index is 10.8. The van der Waals surface area contributed by atoms with Crippen LogP contribution >= 0.6 is 0 Å². The van der Waals surface area contributed by atoms with Gasteiger partial charge in [0.05, 0.1) is 19.8 Å². The number of ether oxygens (including phenoxy) is 3. The number of carboxylic acids is 1. The van der Waals surface area contributed by atoms with E-state index in [0.717, 1.165) is 0 Å². The summed E-state index contributed by atoms with van der Waals surface area (Å²) in [7, 11) is 0. The fourth-order valence-electron chi connectivity index (χ4n) is 1.24. The van der Waals surface area contributed by atoms with Crippen LogP contribution in [0.25, 0.3) is 0 Å². The minimum absolute atomic E-state index is 0.166. The molecular formula is C7H10O5. The van der Waals surface area contributed by atoms with Crippen molar-refractivity contribution in [1.82, 2.24) is 0 Å². The van der Waals surface area contributed by atoms with Crippen LogP contribution < -0.4 is 0 Å². The van der Waals surface area contributed by atoms with Gasteiger partial charge in [-0.25, -0.2) is 0 Å². The lowest BCUT2D eigenvalue weighted by Crippen LogP contribution is -2.61. The number of carbonyl (C=O) groups is 1. The van der Waals surface area contributed by atoms with Gasteiger partial charge < -0.3 is 19.3 Å². The molecule has 3 fully saturated rings. The van der Waals surface area contributed by atoms with Crippen molar-refractivity contribution in [2.24, 2.45) is 5.41 Å². The fraction of sp³-hybridized carbons (Fsp3) is 0.857. The largest absolute Gasteiger partial charge is 0.481 e. The molecule has 3 heterocycles. The standard InChI is InChI=1S/C7H10O5/c1-6-10-2-7(3-11-6,4-12-6)5(8)9/h2-4H2,1H3,(H,8,9). The van der Waals surface area contributed by atoms with Gasteiger partial charge in [0.25, 0.3) is 5.97 Å². The number of hydrogen-bond donors (Lipinski definition) is 1. The molecule has 2 bridgehead atoms. The van der Waals surface area contributed by atoms with Crippen LogP contribution in [0.1, 0.15) is 6.92 Å². The maximum Gasteiger partial charge on any atom is 0.316 e. The summed E-state index contributed by atoms with van der Waals surface area (Å²) < 4.78 is 15.3. The van der Waals surface area contributed by atoms with Crippen molar-refractivity contribution >= 4 is 5.97 Å². The van der Waals surface area contributed by atoms with Crippen LogP contribution in [0.4, 0.5) is 0 Å². The first-order chi connectivity index (χ1) is 5.56. The van der Waals surface area contributed by atoms with E-state index in [-0.39, 0.29) is 19.8 Å². The predicted octanol–water partition coefficient (Wildman–Crippen LogP) is -0.192. The number of carboxylic acid groups (broad SMARTS) is 1. The van der Waals surface area contributed by atoms with E-state index in [1.807, 2.05) is 0 Å². The number of aliphatic carboxylic acids is 1. The third kappa shape index (κ3) is 0.939. The Kier molecular flexibility index (Phi) is 1.45. The van der Waals surface area contributed by atoms with Crippen LogP contribution in [0.3, 0.4) is 0 Å². The Hall–Kier alpha value is -0.650. The molecule has 3 aliphatic rings. The molecule has 5 heteroatoms.